The van der Waals surface area contributed by atoms with Crippen LogP contribution in [-0.4, -0.2) is 18.3 Å². The molecule has 1 rings (SSSR count). The first-order valence-electron chi connectivity index (χ1n) is 7.77. The molecule has 0 aliphatic heterocycles. The SMILES string of the molecule is CCCNC(CSc1cccc(Br)c1)CC(C)CCC. The highest BCUT2D eigenvalue weighted by Crippen LogP contribution is 2.24. The Balaban J connectivity index is 2.46. The van der Waals surface area contributed by atoms with Gasteiger partial charge in [0.1, 0.15) is 0 Å². The topological polar surface area (TPSA) is 12.0 Å². The molecule has 1 aromatic rings. The molecule has 1 nitrogen and oxygen atoms in total. The highest BCUT2D eigenvalue weighted by atomic mass is 79.9. The van der Waals surface area contributed by atoms with Crippen molar-refractivity contribution < 1.29 is 0 Å². The molecule has 0 aliphatic rings. The second-order valence-electron chi connectivity index (χ2n) is 5.55. The van der Waals surface area contributed by atoms with Crippen LogP contribution in [0.4, 0.5) is 0 Å². The van der Waals surface area contributed by atoms with E-state index in [1.54, 1.807) is 0 Å². The maximum Gasteiger partial charge on any atom is 0.0186 e. The van der Waals surface area contributed by atoms with Gasteiger partial charge in [0.05, 0.1) is 0 Å². The van der Waals surface area contributed by atoms with Gasteiger partial charge < -0.3 is 5.32 Å². The lowest BCUT2D eigenvalue weighted by Crippen LogP contribution is -2.33. The van der Waals surface area contributed by atoms with Gasteiger partial charge in [-0.3, -0.25) is 0 Å². The molecule has 3 heteroatoms. The van der Waals surface area contributed by atoms with Crippen LogP contribution in [-0.2, 0) is 0 Å². The Morgan fingerprint density at radius 2 is 2.05 bits per heavy atom. The van der Waals surface area contributed by atoms with E-state index in [2.05, 4.69) is 66.3 Å². The lowest BCUT2D eigenvalue weighted by Gasteiger charge is -2.22. The maximum atomic E-state index is 3.71. The van der Waals surface area contributed by atoms with Crippen LogP contribution in [0.25, 0.3) is 0 Å². The first kappa shape index (κ1) is 18.1. The van der Waals surface area contributed by atoms with Crippen LogP contribution >= 0.6 is 27.7 Å². The first-order valence-corrected chi connectivity index (χ1v) is 9.55. The van der Waals surface area contributed by atoms with Crippen molar-refractivity contribution in [2.24, 2.45) is 5.92 Å². The van der Waals surface area contributed by atoms with Gasteiger partial charge in [-0.1, -0.05) is 55.6 Å². The van der Waals surface area contributed by atoms with E-state index >= 15 is 0 Å². The summed E-state index contributed by atoms with van der Waals surface area (Å²) in [5.74, 6) is 1.97. The van der Waals surface area contributed by atoms with Crippen LogP contribution in [0.5, 0.6) is 0 Å². The monoisotopic (exact) mass is 357 g/mol. The van der Waals surface area contributed by atoms with Crippen molar-refractivity contribution in [1.29, 1.82) is 0 Å². The van der Waals surface area contributed by atoms with Crippen molar-refractivity contribution in [3.8, 4) is 0 Å². The van der Waals surface area contributed by atoms with Crippen LogP contribution in [0, 0.1) is 5.92 Å². The summed E-state index contributed by atoms with van der Waals surface area (Å²) in [7, 11) is 0. The Morgan fingerprint density at radius 1 is 1.25 bits per heavy atom. The summed E-state index contributed by atoms with van der Waals surface area (Å²) in [6.45, 7) is 8.03. The summed E-state index contributed by atoms with van der Waals surface area (Å²) in [6.07, 6.45) is 5.13. The molecule has 0 aliphatic carbocycles. The van der Waals surface area contributed by atoms with E-state index in [-0.39, 0.29) is 0 Å². The number of rotatable bonds is 10. The van der Waals surface area contributed by atoms with Gasteiger partial charge in [0.25, 0.3) is 0 Å². The van der Waals surface area contributed by atoms with Crippen molar-refractivity contribution in [2.75, 3.05) is 12.3 Å². The van der Waals surface area contributed by atoms with Gasteiger partial charge in [-0.2, -0.15) is 0 Å². The first-order chi connectivity index (χ1) is 9.65. The van der Waals surface area contributed by atoms with E-state index in [0.29, 0.717) is 6.04 Å². The molecule has 0 radical (unpaired) electrons. The number of hydrogen-bond acceptors (Lipinski definition) is 2. The van der Waals surface area contributed by atoms with Crippen molar-refractivity contribution in [3.05, 3.63) is 28.7 Å². The van der Waals surface area contributed by atoms with Crippen molar-refractivity contribution >= 4 is 27.7 Å². The minimum atomic E-state index is 0.625. The van der Waals surface area contributed by atoms with Gasteiger partial charge in [-0.05, 0) is 43.5 Å². The van der Waals surface area contributed by atoms with Gasteiger partial charge in [0.15, 0.2) is 0 Å². The summed E-state index contributed by atoms with van der Waals surface area (Å²) in [6, 6.07) is 9.22. The molecule has 0 bridgehead atoms. The van der Waals surface area contributed by atoms with E-state index in [9.17, 15) is 0 Å². The molecule has 0 heterocycles. The van der Waals surface area contributed by atoms with Gasteiger partial charge >= 0.3 is 0 Å². The summed E-state index contributed by atoms with van der Waals surface area (Å²) in [4.78, 5) is 1.35. The number of thioether (sulfide) groups is 1. The van der Waals surface area contributed by atoms with Gasteiger partial charge in [0.2, 0.25) is 0 Å². The van der Waals surface area contributed by atoms with E-state index in [1.807, 2.05) is 11.8 Å². The lowest BCUT2D eigenvalue weighted by molar-refractivity contribution is 0.404. The van der Waals surface area contributed by atoms with Crippen LogP contribution in [0.2, 0.25) is 0 Å². The minimum Gasteiger partial charge on any atom is -0.313 e. The molecule has 2 unspecified atom stereocenters. The molecular weight excluding hydrogens is 330 g/mol. The van der Waals surface area contributed by atoms with Crippen LogP contribution in [0.15, 0.2) is 33.6 Å². The third kappa shape index (κ3) is 7.70. The third-order valence-corrected chi connectivity index (χ3v) is 5.05. The normalized spacial score (nSPS) is 14.2. The molecule has 1 N–H and O–H groups in total. The Bertz CT molecular complexity index is 370. The van der Waals surface area contributed by atoms with E-state index in [4.69, 9.17) is 0 Å². The zero-order valence-electron chi connectivity index (χ0n) is 13.0. The second kappa shape index (κ2) is 10.7. The highest BCUT2D eigenvalue weighted by Gasteiger charge is 2.12. The minimum absolute atomic E-state index is 0.625. The van der Waals surface area contributed by atoms with Crippen molar-refractivity contribution in [3.63, 3.8) is 0 Å². The molecule has 0 saturated heterocycles. The molecule has 0 fully saturated rings. The fraction of sp³-hybridized carbons (Fsp3) is 0.647. The van der Waals surface area contributed by atoms with Gasteiger partial charge in [-0.25, -0.2) is 0 Å². The van der Waals surface area contributed by atoms with E-state index in [0.717, 1.165) is 18.2 Å². The fourth-order valence-corrected chi connectivity index (χ4v) is 3.99. The fourth-order valence-electron chi connectivity index (χ4n) is 2.41. The molecular formula is C17H28BrNS. The molecule has 1 aromatic carbocycles. The maximum absolute atomic E-state index is 3.71. The molecule has 114 valence electrons. The zero-order valence-corrected chi connectivity index (χ0v) is 15.4. The molecule has 0 amide bonds. The Hall–Kier alpha value is 0.01000. The molecule has 0 saturated carbocycles. The Labute approximate surface area is 137 Å². The summed E-state index contributed by atoms with van der Waals surface area (Å²) in [5.41, 5.74) is 0. The number of nitrogens with one attached hydrogen (secondary N) is 1. The lowest BCUT2D eigenvalue weighted by atomic mass is 9.98. The van der Waals surface area contributed by atoms with Crippen LogP contribution in [0.3, 0.4) is 0 Å². The summed E-state index contributed by atoms with van der Waals surface area (Å²) >= 11 is 5.50. The van der Waals surface area contributed by atoms with E-state index < -0.39 is 0 Å². The van der Waals surface area contributed by atoms with Crippen molar-refractivity contribution in [2.45, 2.75) is 57.4 Å². The average Bonchev–Trinajstić information content (AvgIpc) is 2.42. The smallest absolute Gasteiger partial charge is 0.0186 e. The Kier molecular flexibility index (Phi) is 9.66. The largest absolute Gasteiger partial charge is 0.313 e. The molecule has 0 spiro atoms. The van der Waals surface area contributed by atoms with Crippen molar-refractivity contribution in [1.82, 2.24) is 5.32 Å². The van der Waals surface area contributed by atoms with Crippen LogP contribution < -0.4 is 5.32 Å². The summed E-state index contributed by atoms with van der Waals surface area (Å²) in [5, 5.41) is 3.71. The molecule has 0 aromatic heterocycles. The summed E-state index contributed by atoms with van der Waals surface area (Å²) < 4.78 is 1.17. The third-order valence-electron chi connectivity index (χ3n) is 3.40. The second-order valence-corrected chi connectivity index (χ2v) is 7.56. The van der Waals surface area contributed by atoms with Crippen LogP contribution in [0.1, 0.15) is 46.5 Å². The number of halogens is 1. The Morgan fingerprint density at radius 3 is 2.70 bits per heavy atom. The number of benzene rings is 1. The quantitative estimate of drug-likeness (QED) is 0.536. The van der Waals surface area contributed by atoms with Gasteiger partial charge in [0, 0.05) is 21.2 Å². The average molecular weight is 358 g/mol. The molecule has 2 atom stereocenters. The van der Waals surface area contributed by atoms with E-state index in [1.165, 1.54) is 35.1 Å². The predicted octanol–water partition coefficient (Wildman–Crippen LogP) is 5.74. The number of hydrogen-bond donors (Lipinski definition) is 1. The standard InChI is InChI=1S/C17H28BrNS/c1-4-7-14(3)11-16(19-10-5-2)13-20-17-9-6-8-15(18)12-17/h6,8-9,12,14,16,19H,4-5,7,10-11,13H2,1-3H3. The van der Waals surface area contributed by atoms with Gasteiger partial charge in [-0.15, -0.1) is 11.8 Å². The zero-order chi connectivity index (χ0) is 14.8. The molecule has 20 heavy (non-hydrogen) atoms. The highest BCUT2D eigenvalue weighted by molar-refractivity contribution is 9.10. The predicted molar refractivity (Wildman–Crippen MR) is 95.6 cm³/mol.